The van der Waals surface area contributed by atoms with Gasteiger partial charge in [-0.25, -0.2) is 0 Å². The Morgan fingerprint density at radius 1 is 1.36 bits per heavy atom. The van der Waals surface area contributed by atoms with Crippen molar-refractivity contribution in [3.05, 3.63) is 24.2 Å². The molecule has 0 saturated carbocycles. The SMILES string of the molecule is CCC(CC)C(O)CCc1ccco1. The van der Waals surface area contributed by atoms with Gasteiger partial charge in [-0.15, -0.1) is 0 Å². The van der Waals surface area contributed by atoms with Crippen LogP contribution in [0.5, 0.6) is 0 Å². The molecule has 0 saturated heterocycles. The van der Waals surface area contributed by atoms with Crippen molar-refractivity contribution < 1.29 is 9.52 Å². The summed E-state index contributed by atoms with van der Waals surface area (Å²) < 4.78 is 5.22. The molecule has 0 aliphatic rings. The maximum Gasteiger partial charge on any atom is 0.103 e. The van der Waals surface area contributed by atoms with Crippen LogP contribution in [0.25, 0.3) is 0 Å². The minimum atomic E-state index is -0.185. The fraction of sp³-hybridized carbons (Fsp3) is 0.667. The lowest BCUT2D eigenvalue weighted by atomic mass is 9.93. The van der Waals surface area contributed by atoms with E-state index in [-0.39, 0.29) is 6.10 Å². The summed E-state index contributed by atoms with van der Waals surface area (Å²) in [5.41, 5.74) is 0. The third kappa shape index (κ3) is 3.18. The maximum atomic E-state index is 9.87. The van der Waals surface area contributed by atoms with Gasteiger partial charge in [0.25, 0.3) is 0 Å². The van der Waals surface area contributed by atoms with E-state index in [0.717, 1.165) is 31.4 Å². The second-order valence-corrected chi connectivity index (χ2v) is 3.76. The van der Waals surface area contributed by atoms with Gasteiger partial charge >= 0.3 is 0 Å². The predicted molar refractivity (Wildman–Crippen MR) is 57.1 cm³/mol. The third-order valence-electron chi connectivity index (χ3n) is 2.86. The van der Waals surface area contributed by atoms with Gasteiger partial charge in [0.05, 0.1) is 12.4 Å². The van der Waals surface area contributed by atoms with Crippen molar-refractivity contribution in [3.8, 4) is 0 Å². The van der Waals surface area contributed by atoms with Crippen molar-refractivity contribution in [1.29, 1.82) is 0 Å². The number of rotatable bonds is 6. The van der Waals surface area contributed by atoms with Crippen molar-refractivity contribution >= 4 is 0 Å². The highest BCUT2D eigenvalue weighted by atomic mass is 16.3. The van der Waals surface area contributed by atoms with Crippen LogP contribution in [-0.4, -0.2) is 11.2 Å². The first-order valence-corrected chi connectivity index (χ1v) is 5.48. The molecule has 0 aromatic carbocycles. The van der Waals surface area contributed by atoms with Crippen LogP contribution in [0.15, 0.2) is 22.8 Å². The number of hydrogen-bond donors (Lipinski definition) is 1. The molecular weight excluding hydrogens is 176 g/mol. The molecule has 1 unspecified atom stereocenters. The Balaban J connectivity index is 2.30. The van der Waals surface area contributed by atoms with E-state index in [9.17, 15) is 5.11 Å². The van der Waals surface area contributed by atoms with E-state index in [4.69, 9.17) is 4.42 Å². The average molecular weight is 196 g/mol. The highest BCUT2D eigenvalue weighted by Gasteiger charge is 2.15. The topological polar surface area (TPSA) is 33.4 Å². The van der Waals surface area contributed by atoms with Gasteiger partial charge in [-0.3, -0.25) is 0 Å². The Morgan fingerprint density at radius 2 is 2.07 bits per heavy atom. The van der Waals surface area contributed by atoms with Crippen LogP contribution in [-0.2, 0) is 6.42 Å². The molecule has 14 heavy (non-hydrogen) atoms. The molecule has 1 N–H and O–H groups in total. The molecule has 0 amide bonds. The summed E-state index contributed by atoms with van der Waals surface area (Å²) in [7, 11) is 0. The molecule has 1 heterocycles. The van der Waals surface area contributed by atoms with Crippen LogP contribution in [0.3, 0.4) is 0 Å². The van der Waals surface area contributed by atoms with Crippen LogP contribution in [0, 0.1) is 5.92 Å². The Bertz CT molecular complexity index is 224. The Kier molecular flexibility index (Phi) is 4.74. The van der Waals surface area contributed by atoms with Gasteiger partial charge in [-0.05, 0) is 24.5 Å². The summed E-state index contributed by atoms with van der Waals surface area (Å²) in [6.07, 6.45) is 5.24. The summed E-state index contributed by atoms with van der Waals surface area (Å²) in [6, 6.07) is 3.85. The Morgan fingerprint density at radius 3 is 2.57 bits per heavy atom. The van der Waals surface area contributed by atoms with Gasteiger partial charge < -0.3 is 9.52 Å². The molecule has 1 aromatic rings. The molecule has 0 radical (unpaired) electrons. The molecule has 0 bridgehead atoms. The van der Waals surface area contributed by atoms with E-state index < -0.39 is 0 Å². The maximum absolute atomic E-state index is 9.87. The lowest BCUT2D eigenvalue weighted by molar-refractivity contribution is 0.0930. The van der Waals surface area contributed by atoms with Gasteiger partial charge in [0.2, 0.25) is 0 Å². The quantitative estimate of drug-likeness (QED) is 0.758. The fourth-order valence-electron chi connectivity index (χ4n) is 1.81. The van der Waals surface area contributed by atoms with E-state index in [1.165, 1.54) is 0 Å². The van der Waals surface area contributed by atoms with Crippen molar-refractivity contribution in [3.63, 3.8) is 0 Å². The smallest absolute Gasteiger partial charge is 0.103 e. The summed E-state index contributed by atoms with van der Waals surface area (Å²) >= 11 is 0. The molecule has 1 aromatic heterocycles. The zero-order chi connectivity index (χ0) is 10.4. The molecule has 1 rings (SSSR count). The number of aryl methyl sites for hydroxylation is 1. The summed E-state index contributed by atoms with van der Waals surface area (Å²) in [4.78, 5) is 0. The zero-order valence-electron chi connectivity index (χ0n) is 9.07. The molecule has 2 heteroatoms. The average Bonchev–Trinajstić information content (AvgIpc) is 2.69. The number of aliphatic hydroxyl groups excluding tert-OH is 1. The standard InChI is InChI=1S/C12H20O2/c1-3-10(4-2)12(13)8-7-11-6-5-9-14-11/h5-6,9-10,12-13H,3-4,7-8H2,1-2H3. The molecule has 2 nitrogen and oxygen atoms in total. The van der Waals surface area contributed by atoms with E-state index in [0.29, 0.717) is 5.92 Å². The number of aliphatic hydroxyl groups is 1. The van der Waals surface area contributed by atoms with Crippen LogP contribution < -0.4 is 0 Å². The highest BCUT2D eigenvalue weighted by molar-refractivity contribution is 4.98. The lowest BCUT2D eigenvalue weighted by Gasteiger charge is -2.19. The molecule has 80 valence electrons. The van der Waals surface area contributed by atoms with Crippen LogP contribution in [0.4, 0.5) is 0 Å². The zero-order valence-corrected chi connectivity index (χ0v) is 9.07. The first-order valence-electron chi connectivity index (χ1n) is 5.48. The molecule has 0 aliphatic carbocycles. The van der Waals surface area contributed by atoms with E-state index in [2.05, 4.69) is 13.8 Å². The minimum absolute atomic E-state index is 0.185. The normalized spacial score (nSPS) is 13.4. The molecule has 0 aliphatic heterocycles. The van der Waals surface area contributed by atoms with E-state index in [1.807, 2.05) is 12.1 Å². The Hall–Kier alpha value is -0.760. The second-order valence-electron chi connectivity index (χ2n) is 3.76. The third-order valence-corrected chi connectivity index (χ3v) is 2.86. The number of furan rings is 1. The molecule has 1 atom stereocenters. The fourth-order valence-corrected chi connectivity index (χ4v) is 1.81. The summed E-state index contributed by atoms with van der Waals surface area (Å²) in [6.45, 7) is 4.26. The Labute approximate surface area is 85.9 Å². The van der Waals surface area contributed by atoms with Gasteiger partial charge in [0.15, 0.2) is 0 Å². The lowest BCUT2D eigenvalue weighted by Crippen LogP contribution is -2.19. The number of hydrogen-bond acceptors (Lipinski definition) is 2. The minimum Gasteiger partial charge on any atom is -0.469 e. The summed E-state index contributed by atoms with van der Waals surface area (Å²) in [5.74, 6) is 1.40. The van der Waals surface area contributed by atoms with Gasteiger partial charge in [0, 0.05) is 6.42 Å². The largest absolute Gasteiger partial charge is 0.469 e. The van der Waals surface area contributed by atoms with Crippen LogP contribution in [0.2, 0.25) is 0 Å². The molecule has 0 spiro atoms. The van der Waals surface area contributed by atoms with E-state index in [1.54, 1.807) is 6.26 Å². The highest BCUT2D eigenvalue weighted by Crippen LogP contribution is 2.17. The predicted octanol–water partition coefficient (Wildman–Crippen LogP) is 3.01. The van der Waals surface area contributed by atoms with Crippen molar-refractivity contribution in [2.75, 3.05) is 0 Å². The van der Waals surface area contributed by atoms with Crippen LogP contribution >= 0.6 is 0 Å². The van der Waals surface area contributed by atoms with Crippen LogP contribution in [0.1, 0.15) is 38.9 Å². The van der Waals surface area contributed by atoms with Crippen molar-refractivity contribution in [1.82, 2.24) is 0 Å². The first kappa shape index (κ1) is 11.3. The van der Waals surface area contributed by atoms with Crippen molar-refractivity contribution in [2.45, 2.75) is 45.6 Å². The second kappa shape index (κ2) is 5.86. The van der Waals surface area contributed by atoms with Gasteiger partial charge in [0.1, 0.15) is 5.76 Å². The molecular formula is C12H20O2. The van der Waals surface area contributed by atoms with Gasteiger partial charge in [-0.1, -0.05) is 26.7 Å². The summed E-state index contributed by atoms with van der Waals surface area (Å²) in [5, 5.41) is 9.87. The first-order chi connectivity index (χ1) is 6.77. The van der Waals surface area contributed by atoms with Crippen molar-refractivity contribution in [2.24, 2.45) is 5.92 Å². The molecule has 0 fully saturated rings. The monoisotopic (exact) mass is 196 g/mol. The van der Waals surface area contributed by atoms with E-state index >= 15 is 0 Å². The van der Waals surface area contributed by atoms with Gasteiger partial charge in [-0.2, -0.15) is 0 Å².